The van der Waals surface area contributed by atoms with E-state index in [0.29, 0.717) is 32.0 Å². The van der Waals surface area contributed by atoms with E-state index < -0.39 is 0 Å². The molecule has 0 spiro atoms. The van der Waals surface area contributed by atoms with Crippen LogP contribution in [0.3, 0.4) is 0 Å². The van der Waals surface area contributed by atoms with Gasteiger partial charge in [0.2, 0.25) is 5.91 Å². The van der Waals surface area contributed by atoms with Gasteiger partial charge in [0.25, 0.3) is 0 Å². The molecule has 1 rings (SSSR count). The van der Waals surface area contributed by atoms with Gasteiger partial charge in [0.1, 0.15) is 12.4 Å². The Hall–Kier alpha value is -1.55. The van der Waals surface area contributed by atoms with Crippen LogP contribution in [0.1, 0.15) is 31.7 Å². The number of hydrogen-bond acceptors (Lipinski definition) is 3. The van der Waals surface area contributed by atoms with Crippen molar-refractivity contribution in [3.8, 4) is 5.75 Å². The topological polar surface area (TPSA) is 64.3 Å². The fourth-order valence-corrected chi connectivity index (χ4v) is 1.66. The van der Waals surface area contributed by atoms with Crippen molar-refractivity contribution in [2.75, 3.05) is 19.7 Å². The molecular formula is C14H22N2O2. The minimum Gasteiger partial charge on any atom is -0.491 e. The first-order valence-corrected chi connectivity index (χ1v) is 6.33. The minimum atomic E-state index is -0.0294. The lowest BCUT2D eigenvalue weighted by molar-refractivity contribution is -0.120. The smallest absolute Gasteiger partial charge is 0.221 e. The van der Waals surface area contributed by atoms with E-state index in [4.69, 9.17) is 10.5 Å². The highest BCUT2D eigenvalue weighted by molar-refractivity contribution is 5.75. The summed E-state index contributed by atoms with van der Waals surface area (Å²) in [5.41, 5.74) is 6.47. The molecule has 4 nitrogen and oxygen atoms in total. The van der Waals surface area contributed by atoms with Gasteiger partial charge in [-0.2, -0.15) is 0 Å². The molecule has 0 unspecified atom stereocenters. The molecule has 3 N–H and O–H groups in total. The second-order valence-corrected chi connectivity index (χ2v) is 4.43. The molecular weight excluding hydrogens is 228 g/mol. The third-order valence-electron chi connectivity index (χ3n) is 2.59. The van der Waals surface area contributed by atoms with Gasteiger partial charge in [0.05, 0.1) is 6.54 Å². The molecule has 0 radical (unpaired) electrons. The number of nitrogens with two attached hydrogens (primary N) is 1. The molecule has 1 aromatic carbocycles. The molecule has 4 heteroatoms. The number of benzene rings is 1. The maximum atomic E-state index is 11.2. The van der Waals surface area contributed by atoms with Crippen molar-refractivity contribution in [3.05, 3.63) is 29.8 Å². The molecule has 100 valence electrons. The van der Waals surface area contributed by atoms with E-state index >= 15 is 0 Å². The van der Waals surface area contributed by atoms with Gasteiger partial charge >= 0.3 is 0 Å². The van der Waals surface area contributed by atoms with E-state index in [9.17, 15) is 4.79 Å². The molecule has 0 saturated carbocycles. The lowest BCUT2D eigenvalue weighted by Crippen LogP contribution is -2.29. The third-order valence-corrected chi connectivity index (χ3v) is 2.59. The Kier molecular flexibility index (Phi) is 6.22. The first-order chi connectivity index (χ1) is 8.65. The first-order valence-electron chi connectivity index (χ1n) is 6.33. The number of para-hydroxylation sites is 1. The molecule has 0 bridgehead atoms. The number of amides is 1. The van der Waals surface area contributed by atoms with Crippen LogP contribution in [0, 0.1) is 0 Å². The standard InChI is InChI=1S/C14H22N2O2/c1-11(2)12-5-3-4-6-13(12)18-10-9-16-14(17)7-8-15/h3-6,11H,7-10,15H2,1-2H3,(H,16,17). The third kappa shape index (κ3) is 4.75. The second kappa shape index (κ2) is 7.71. The van der Waals surface area contributed by atoms with Crippen molar-refractivity contribution >= 4 is 5.91 Å². The summed E-state index contributed by atoms with van der Waals surface area (Å²) < 4.78 is 5.68. The fraction of sp³-hybridized carbons (Fsp3) is 0.500. The van der Waals surface area contributed by atoms with E-state index in [-0.39, 0.29) is 5.91 Å². The molecule has 1 amide bonds. The van der Waals surface area contributed by atoms with Gasteiger partial charge in [-0.25, -0.2) is 0 Å². The number of nitrogens with one attached hydrogen (secondary N) is 1. The SMILES string of the molecule is CC(C)c1ccccc1OCCNC(=O)CCN. The van der Waals surface area contributed by atoms with Crippen LogP contribution in [0.15, 0.2) is 24.3 Å². The van der Waals surface area contributed by atoms with Crippen LogP contribution in [-0.2, 0) is 4.79 Å². The largest absolute Gasteiger partial charge is 0.491 e. The number of ether oxygens (including phenoxy) is 1. The van der Waals surface area contributed by atoms with Crippen LogP contribution < -0.4 is 15.8 Å². The summed E-state index contributed by atoms with van der Waals surface area (Å²) in [7, 11) is 0. The minimum absolute atomic E-state index is 0.0294. The molecule has 0 aliphatic carbocycles. The summed E-state index contributed by atoms with van der Waals surface area (Å²) in [6.07, 6.45) is 0.364. The lowest BCUT2D eigenvalue weighted by Gasteiger charge is -2.14. The van der Waals surface area contributed by atoms with Crippen LogP contribution in [0.25, 0.3) is 0 Å². The van der Waals surface area contributed by atoms with Gasteiger partial charge in [-0.15, -0.1) is 0 Å². The number of hydrogen-bond donors (Lipinski definition) is 2. The van der Waals surface area contributed by atoms with Crippen molar-refractivity contribution < 1.29 is 9.53 Å². The van der Waals surface area contributed by atoms with E-state index in [1.54, 1.807) is 0 Å². The van der Waals surface area contributed by atoms with Gasteiger partial charge in [0, 0.05) is 13.0 Å². The summed E-state index contributed by atoms with van der Waals surface area (Å²) in [5.74, 6) is 1.28. The molecule has 1 aromatic rings. The average Bonchev–Trinajstić information content (AvgIpc) is 2.35. The summed E-state index contributed by atoms with van der Waals surface area (Å²) in [4.78, 5) is 11.2. The highest BCUT2D eigenvalue weighted by atomic mass is 16.5. The van der Waals surface area contributed by atoms with Crippen LogP contribution in [0.2, 0.25) is 0 Å². The van der Waals surface area contributed by atoms with Crippen LogP contribution >= 0.6 is 0 Å². The monoisotopic (exact) mass is 250 g/mol. The van der Waals surface area contributed by atoms with Gasteiger partial charge in [-0.05, 0) is 17.5 Å². The zero-order valence-corrected chi connectivity index (χ0v) is 11.1. The number of carbonyl (C=O) groups excluding carboxylic acids is 1. The second-order valence-electron chi connectivity index (χ2n) is 4.43. The molecule has 0 atom stereocenters. The summed E-state index contributed by atoms with van der Waals surface area (Å²) in [6, 6.07) is 7.98. The molecule has 18 heavy (non-hydrogen) atoms. The summed E-state index contributed by atoms with van der Waals surface area (Å²) in [6.45, 7) is 5.62. The predicted molar refractivity (Wildman–Crippen MR) is 72.7 cm³/mol. The van der Waals surface area contributed by atoms with E-state index in [1.807, 2.05) is 18.2 Å². The average molecular weight is 250 g/mol. The van der Waals surface area contributed by atoms with Crippen molar-refractivity contribution in [2.45, 2.75) is 26.2 Å². The van der Waals surface area contributed by atoms with Gasteiger partial charge < -0.3 is 15.8 Å². The zero-order chi connectivity index (χ0) is 13.4. The van der Waals surface area contributed by atoms with Crippen molar-refractivity contribution in [1.82, 2.24) is 5.32 Å². The van der Waals surface area contributed by atoms with E-state index in [1.165, 1.54) is 5.56 Å². The maximum Gasteiger partial charge on any atom is 0.221 e. The Morgan fingerprint density at radius 2 is 2.11 bits per heavy atom. The Balaban J connectivity index is 2.37. The van der Waals surface area contributed by atoms with Gasteiger partial charge in [-0.3, -0.25) is 4.79 Å². The Morgan fingerprint density at radius 3 is 2.78 bits per heavy atom. The maximum absolute atomic E-state index is 11.2. The zero-order valence-electron chi connectivity index (χ0n) is 11.1. The molecule has 0 saturated heterocycles. The fourth-order valence-electron chi connectivity index (χ4n) is 1.66. The summed E-state index contributed by atoms with van der Waals surface area (Å²) >= 11 is 0. The predicted octanol–water partition coefficient (Wildman–Crippen LogP) is 1.65. The van der Waals surface area contributed by atoms with Crippen LogP contribution in [0.5, 0.6) is 5.75 Å². The highest BCUT2D eigenvalue weighted by Crippen LogP contribution is 2.25. The Bertz CT molecular complexity index is 378. The van der Waals surface area contributed by atoms with Crippen molar-refractivity contribution in [1.29, 1.82) is 0 Å². The molecule has 0 fully saturated rings. The number of carbonyl (C=O) groups is 1. The highest BCUT2D eigenvalue weighted by Gasteiger charge is 2.06. The van der Waals surface area contributed by atoms with Crippen LogP contribution in [-0.4, -0.2) is 25.6 Å². The Labute approximate surface area is 109 Å². The van der Waals surface area contributed by atoms with Crippen molar-refractivity contribution in [2.24, 2.45) is 5.73 Å². The Morgan fingerprint density at radius 1 is 1.39 bits per heavy atom. The normalized spacial score (nSPS) is 10.4. The van der Waals surface area contributed by atoms with Gasteiger partial charge in [-0.1, -0.05) is 32.0 Å². The van der Waals surface area contributed by atoms with Gasteiger partial charge in [0.15, 0.2) is 0 Å². The van der Waals surface area contributed by atoms with Crippen molar-refractivity contribution in [3.63, 3.8) is 0 Å². The van der Waals surface area contributed by atoms with E-state index in [2.05, 4.69) is 25.2 Å². The lowest BCUT2D eigenvalue weighted by atomic mass is 10.0. The number of rotatable bonds is 7. The molecule has 0 aliphatic heterocycles. The molecule has 0 heterocycles. The molecule has 0 aliphatic rings. The molecule has 0 aromatic heterocycles. The van der Waals surface area contributed by atoms with E-state index in [0.717, 1.165) is 5.75 Å². The van der Waals surface area contributed by atoms with Crippen LogP contribution in [0.4, 0.5) is 0 Å². The first kappa shape index (κ1) is 14.5. The summed E-state index contributed by atoms with van der Waals surface area (Å²) in [5, 5.41) is 2.76. The quantitative estimate of drug-likeness (QED) is 0.723.